The van der Waals surface area contributed by atoms with E-state index in [2.05, 4.69) is 30.7 Å². The van der Waals surface area contributed by atoms with Crippen molar-refractivity contribution in [3.8, 4) is 0 Å². The maximum atomic E-state index is 12.6. The second-order valence-electron chi connectivity index (χ2n) is 6.43. The standard InChI is InChI=1S/C19H25NO2S/c1-13(2)17-7-9-18(10-8-17)16(5)20-23(21,22)19-11-6-14(3)12-15(19)4/h6-13,16,20H,1-5H3. The zero-order valence-corrected chi connectivity index (χ0v) is 15.2. The summed E-state index contributed by atoms with van der Waals surface area (Å²) in [5.41, 5.74) is 4.03. The van der Waals surface area contributed by atoms with Crippen molar-refractivity contribution in [1.82, 2.24) is 4.72 Å². The van der Waals surface area contributed by atoms with Gasteiger partial charge in [-0.3, -0.25) is 0 Å². The molecule has 1 atom stereocenters. The summed E-state index contributed by atoms with van der Waals surface area (Å²) in [6.07, 6.45) is 0. The van der Waals surface area contributed by atoms with Gasteiger partial charge in [-0.1, -0.05) is 55.8 Å². The predicted octanol–water partition coefficient (Wildman–Crippen LogP) is 4.47. The summed E-state index contributed by atoms with van der Waals surface area (Å²) in [4.78, 5) is 0.341. The minimum Gasteiger partial charge on any atom is -0.207 e. The van der Waals surface area contributed by atoms with Crippen molar-refractivity contribution in [3.05, 3.63) is 64.7 Å². The van der Waals surface area contributed by atoms with Crippen molar-refractivity contribution in [2.24, 2.45) is 0 Å². The van der Waals surface area contributed by atoms with Crippen LogP contribution in [0, 0.1) is 13.8 Å². The molecule has 0 aliphatic rings. The van der Waals surface area contributed by atoms with Crippen LogP contribution in [-0.4, -0.2) is 8.42 Å². The fraction of sp³-hybridized carbons (Fsp3) is 0.368. The van der Waals surface area contributed by atoms with Gasteiger partial charge in [0.2, 0.25) is 10.0 Å². The zero-order valence-electron chi connectivity index (χ0n) is 14.4. The van der Waals surface area contributed by atoms with Crippen LogP contribution < -0.4 is 4.72 Å². The van der Waals surface area contributed by atoms with Crippen molar-refractivity contribution in [2.45, 2.75) is 51.5 Å². The van der Waals surface area contributed by atoms with Crippen molar-refractivity contribution < 1.29 is 8.42 Å². The van der Waals surface area contributed by atoms with Gasteiger partial charge < -0.3 is 0 Å². The molecule has 0 saturated carbocycles. The zero-order chi connectivity index (χ0) is 17.2. The van der Waals surface area contributed by atoms with Crippen LogP contribution in [0.15, 0.2) is 47.4 Å². The Balaban J connectivity index is 2.22. The molecule has 0 aliphatic heterocycles. The Kier molecular flexibility index (Phi) is 5.27. The summed E-state index contributed by atoms with van der Waals surface area (Å²) in [6, 6.07) is 13.2. The van der Waals surface area contributed by atoms with Gasteiger partial charge in [-0.25, -0.2) is 13.1 Å². The third-order valence-corrected chi connectivity index (χ3v) is 5.76. The van der Waals surface area contributed by atoms with Gasteiger partial charge in [-0.05, 0) is 49.4 Å². The molecule has 1 unspecified atom stereocenters. The second-order valence-corrected chi connectivity index (χ2v) is 8.12. The Morgan fingerprint density at radius 1 is 0.870 bits per heavy atom. The molecule has 4 heteroatoms. The fourth-order valence-electron chi connectivity index (χ4n) is 2.63. The van der Waals surface area contributed by atoms with Crippen LogP contribution in [0.1, 0.15) is 55.0 Å². The first-order chi connectivity index (χ1) is 10.7. The average Bonchev–Trinajstić information content (AvgIpc) is 2.46. The number of sulfonamides is 1. The molecule has 0 bridgehead atoms. The smallest absolute Gasteiger partial charge is 0.207 e. The Labute approximate surface area is 139 Å². The summed E-state index contributed by atoms with van der Waals surface area (Å²) < 4.78 is 28.0. The van der Waals surface area contributed by atoms with Crippen molar-refractivity contribution in [3.63, 3.8) is 0 Å². The molecule has 2 rings (SSSR count). The third-order valence-electron chi connectivity index (χ3n) is 4.06. The van der Waals surface area contributed by atoms with Gasteiger partial charge in [0.05, 0.1) is 4.90 Å². The van der Waals surface area contributed by atoms with Crippen LogP contribution in [0.5, 0.6) is 0 Å². The van der Waals surface area contributed by atoms with E-state index in [1.54, 1.807) is 6.07 Å². The molecule has 23 heavy (non-hydrogen) atoms. The fourth-order valence-corrected chi connectivity index (χ4v) is 4.09. The number of rotatable bonds is 5. The Hall–Kier alpha value is -1.65. The molecule has 0 aromatic heterocycles. The van der Waals surface area contributed by atoms with Crippen LogP contribution in [0.25, 0.3) is 0 Å². The summed E-state index contributed by atoms with van der Waals surface area (Å²) in [5, 5.41) is 0. The van der Waals surface area contributed by atoms with E-state index in [1.807, 2.05) is 45.0 Å². The highest BCUT2D eigenvalue weighted by molar-refractivity contribution is 7.89. The predicted molar refractivity (Wildman–Crippen MR) is 95.2 cm³/mol. The minimum atomic E-state index is -3.53. The number of hydrogen-bond donors (Lipinski definition) is 1. The normalized spacial score (nSPS) is 13.3. The quantitative estimate of drug-likeness (QED) is 0.879. The van der Waals surface area contributed by atoms with E-state index in [9.17, 15) is 8.42 Å². The Bertz CT molecular complexity index is 778. The van der Waals surface area contributed by atoms with Gasteiger partial charge in [0.25, 0.3) is 0 Å². The molecule has 0 spiro atoms. The number of nitrogens with one attached hydrogen (secondary N) is 1. The van der Waals surface area contributed by atoms with Crippen molar-refractivity contribution >= 4 is 10.0 Å². The van der Waals surface area contributed by atoms with Crippen LogP contribution in [-0.2, 0) is 10.0 Å². The van der Waals surface area contributed by atoms with Gasteiger partial charge in [0, 0.05) is 6.04 Å². The van der Waals surface area contributed by atoms with Crippen LogP contribution in [0.2, 0.25) is 0 Å². The highest BCUT2D eigenvalue weighted by Gasteiger charge is 2.20. The van der Waals surface area contributed by atoms with E-state index in [1.165, 1.54) is 5.56 Å². The number of benzene rings is 2. The van der Waals surface area contributed by atoms with Crippen molar-refractivity contribution in [1.29, 1.82) is 0 Å². The molecular formula is C19H25NO2S. The third kappa shape index (κ3) is 4.21. The molecule has 0 saturated heterocycles. The van der Waals surface area contributed by atoms with Gasteiger partial charge in [-0.15, -0.1) is 0 Å². The maximum Gasteiger partial charge on any atom is 0.241 e. The van der Waals surface area contributed by atoms with Gasteiger partial charge in [0.15, 0.2) is 0 Å². The molecule has 2 aromatic carbocycles. The summed E-state index contributed by atoms with van der Waals surface area (Å²) in [7, 11) is -3.53. The van der Waals surface area contributed by atoms with Gasteiger partial charge in [-0.2, -0.15) is 0 Å². The Morgan fingerprint density at radius 2 is 1.43 bits per heavy atom. The van der Waals surface area contributed by atoms with E-state index in [0.29, 0.717) is 10.8 Å². The van der Waals surface area contributed by atoms with Gasteiger partial charge in [0.1, 0.15) is 0 Å². The monoisotopic (exact) mass is 331 g/mol. The lowest BCUT2D eigenvalue weighted by atomic mass is 10.00. The van der Waals surface area contributed by atoms with Crippen LogP contribution in [0.4, 0.5) is 0 Å². The first-order valence-electron chi connectivity index (χ1n) is 7.90. The Morgan fingerprint density at radius 3 is 1.96 bits per heavy atom. The van der Waals surface area contributed by atoms with Crippen molar-refractivity contribution in [2.75, 3.05) is 0 Å². The van der Waals surface area contributed by atoms with Crippen LogP contribution in [0.3, 0.4) is 0 Å². The van der Waals surface area contributed by atoms with Crippen LogP contribution >= 0.6 is 0 Å². The summed E-state index contributed by atoms with van der Waals surface area (Å²) in [6.45, 7) is 9.92. The molecule has 0 aliphatic carbocycles. The first kappa shape index (κ1) is 17.7. The molecule has 0 radical (unpaired) electrons. The lowest BCUT2D eigenvalue weighted by molar-refractivity contribution is 0.566. The summed E-state index contributed by atoms with van der Waals surface area (Å²) in [5.74, 6) is 0.464. The lowest BCUT2D eigenvalue weighted by Gasteiger charge is -2.17. The maximum absolute atomic E-state index is 12.6. The minimum absolute atomic E-state index is 0.276. The SMILES string of the molecule is Cc1ccc(S(=O)(=O)NC(C)c2ccc(C(C)C)cc2)c(C)c1. The molecule has 2 aromatic rings. The second kappa shape index (κ2) is 6.85. The largest absolute Gasteiger partial charge is 0.241 e. The molecule has 0 heterocycles. The van der Waals surface area contributed by atoms with E-state index < -0.39 is 10.0 Å². The molecular weight excluding hydrogens is 306 g/mol. The van der Waals surface area contributed by atoms with E-state index in [-0.39, 0.29) is 6.04 Å². The van der Waals surface area contributed by atoms with E-state index in [4.69, 9.17) is 0 Å². The average molecular weight is 331 g/mol. The molecule has 3 nitrogen and oxygen atoms in total. The molecule has 124 valence electrons. The molecule has 1 N–H and O–H groups in total. The highest BCUT2D eigenvalue weighted by Crippen LogP contribution is 2.22. The van der Waals surface area contributed by atoms with E-state index in [0.717, 1.165) is 16.7 Å². The number of aryl methyl sites for hydroxylation is 2. The van der Waals surface area contributed by atoms with E-state index >= 15 is 0 Å². The molecule has 0 amide bonds. The van der Waals surface area contributed by atoms with Gasteiger partial charge >= 0.3 is 0 Å². The summed E-state index contributed by atoms with van der Waals surface area (Å²) >= 11 is 0. The highest BCUT2D eigenvalue weighted by atomic mass is 32.2. The lowest BCUT2D eigenvalue weighted by Crippen LogP contribution is -2.27. The topological polar surface area (TPSA) is 46.2 Å². The molecule has 0 fully saturated rings. The first-order valence-corrected chi connectivity index (χ1v) is 9.38. The number of hydrogen-bond acceptors (Lipinski definition) is 2.